The summed E-state index contributed by atoms with van der Waals surface area (Å²) in [7, 11) is 0. The van der Waals surface area contributed by atoms with Crippen LogP contribution < -0.4 is 5.73 Å². The van der Waals surface area contributed by atoms with Crippen molar-refractivity contribution < 1.29 is 28.1 Å². The molecule has 1 aliphatic rings. The van der Waals surface area contributed by atoms with Crippen LogP contribution in [-0.4, -0.2) is 53.8 Å². The molecule has 8 nitrogen and oxygen atoms in total. The van der Waals surface area contributed by atoms with E-state index in [1.54, 1.807) is 6.07 Å². The van der Waals surface area contributed by atoms with E-state index in [9.17, 15) is 23.4 Å². The zero-order chi connectivity index (χ0) is 21.5. The molecule has 0 spiro atoms. The number of ether oxygens (including phenoxy) is 1. The van der Waals surface area contributed by atoms with Gasteiger partial charge in [-0.3, -0.25) is 4.57 Å². The SMILES string of the molecule is Nc1ncnc2c1ncn2[C@@H]1O[C@H](CSCc2cccc(C(F)(F)F)c2)[C@@H](O)[C@H]1O. The number of anilines is 1. The van der Waals surface area contributed by atoms with Gasteiger partial charge in [0, 0.05) is 11.5 Å². The number of alkyl halides is 3. The van der Waals surface area contributed by atoms with Gasteiger partial charge >= 0.3 is 6.18 Å². The second kappa shape index (κ2) is 8.02. The molecule has 3 aromatic rings. The second-order valence-electron chi connectivity index (χ2n) is 6.84. The van der Waals surface area contributed by atoms with Crippen LogP contribution in [0.15, 0.2) is 36.9 Å². The number of halogens is 3. The summed E-state index contributed by atoms with van der Waals surface area (Å²) in [4.78, 5) is 12.1. The number of rotatable bonds is 5. The fraction of sp³-hybridized carbons (Fsp3) is 0.389. The van der Waals surface area contributed by atoms with Crippen LogP contribution >= 0.6 is 11.8 Å². The minimum absolute atomic E-state index is 0.181. The third-order valence-electron chi connectivity index (χ3n) is 4.80. The number of benzene rings is 1. The molecule has 0 radical (unpaired) electrons. The molecule has 1 saturated heterocycles. The molecule has 2 aromatic heterocycles. The molecule has 1 fully saturated rings. The maximum Gasteiger partial charge on any atom is 0.416 e. The average Bonchev–Trinajstić information content (AvgIpc) is 3.25. The lowest BCUT2D eigenvalue weighted by Gasteiger charge is -2.16. The van der Waals surface area contributed by atoms with Crippen LogP contribution in [0.2, 0.25) is 0 Å². The summed E-state index contributed by atoms with van der Waals surface area (Å²) in [5.74, 6) is 0.754. The number of nitrogens with zero attached hydrogens (tertiary/aromatic N) is 4. The molecule has 0 unspecified atom stereocenters. The second-order valence-corrected chi connectivity index (χ2v) is 7.87. The van der Waals surface area contributed by atoms with Gasteiger partial charge in [0.2, 0.25) is 0 Å². The molecule has 0 aliphatic carbocycles. The fourth-order valence-electron chi connectivity index (χ4n) is 3.28. The van der Waals surface area contributed by atoms with Crippen LogP contribution in [0, 0.1) is 0 Å². The summed E-state index contributed by atoms with van der Waals surface area (Å²) >= 11 is 1.30. The van der Waals surface area contributed by atoms with Crippen molar-refractivity contribution in [2.45, 2.75) is 36.5 Å². The van der Waals surface area contributed by atoms with E-state index in [0.29, 0.717) is 22.5 Å². The monoisotopic (exact) mass is 441 g/mol. The van der Waals surface area contributed by atoms with E-state index < -0.39 is 36.3 Å². The first-order valence-corrected chi connectivity index (χ1v) is 10.1. The number of nitrogens with two attached hydrogens (primary N) is 1. The molecule has 0 amide bonds. The Morgan fingerprint density at radius 3 is 2.73 bits per heavy atom. The van der Waals surface area contributed by atoms with Crippen LogP contribution in [0.5, 0.6) is 0 Å². The van der Waals surface area contributed by atoms with Crippen LogP contribution in [-0.2, 0) is 16.7 Å². The Kier molecular flexibility index (Phi) is 5.57. The first-order valence-electron chi connectivity index (χ1n) is 8.94. The van der Waals surface area contributed by atoms with Crippen LogP contribution in [0.4, 0.5) is 19.0 Å². The Bertz CT molecular complexity index is 1050. The quantitative estimate of drug-likeness (QED) is 0.550. The van der Waals surface area contributed by atoms with Gasteiger partial charge in [0.1, 0.15) is 24.1 Å². The molecule has 1 aliphatic heterocycles. The highest BCUT2D eigenvalue weighted by molar-refractivity contribution is 7.98. The van der Waals surface area contributed by atoms with E-state index in [4.69, 9.17) is 10.5 Å². The van der Waals surface area contributed by atoms with Crippen molar-refractivity contribution in [3.8, 4) is 0 Å². The van der Waals surface area contributed by atoms with Crippen molar-refractivity contribution in [2.24, 2.45) is 0 Å². The smallest absolute Gasteiger partial charge is 0.387 e. The zero-order valence-corrected chi connectivity index (χ0v) is 16.2. The molecule has 4 rings (SSSR count). The maximum atomic E-state index is 12.8. The topological polar surface area (TPSA) is 119 Å². The Morgan fingerprint density at radius 1 is 1.17 bits per heavy atom. The number of imidazole rings is 1. The van der Waals surface area contributed by atoms with Crippen molar-refractivity contribution in [2.75, 3.05) is 11.5 Å². The summed E-state index contributed by atoms with van der Waals surface area (Å²) < 4.78 is 45.8. The van der Waals surface area contributed by atoms with Gasteiger partial charge in [-0.25, -0.2) is 15.0 Å². The van der Waals surface area contributed by atoms with Crippen molar-refractivity contribution in [1.29, 1.82) is 0 Å². The predicted molar refractivity (Wildman–Crippen MR) is 103 cm³/mol. The Labute approximate surface area is 172 Å². The Balaban J connectivity index is 1.42. The number of nitrogen functional groups attached to an aromatic ring is 1. The van der Waals surface area contributed by atoms with Crippen molar-refractivity contribution in [1.82, 2.24) is 19.5 Å². The number of hydrogen-bond donors (Lipinski definition) is 3. The van der Waals surface area contributed by atoms with E-state index in [-0.39, 0.29) is 11.6 Å². The maximum absolute atomic E-state index is 12.8. The van der Waals surface area contributed by atoms with E-state index in [1.807, 2.05) is 0 Å². The lowest BCUT2D eigenvalue weighted by molar-refractivity contribution is -0.137. The molecule has 4 atom stereocenters. The first kappa shape index (κ1) is 20.8. The summed E-state index contributed by atoms with van der Waals surface area (Å²) in [5.41, 5.74) is 6.27. The number of aliphatic hydroxyl groups excluding tert-OH is 2. The number of aliphatic hydroxyl groups is 2. The lowest BCUT2D eigenvalue weighted by atomic mass is 10.1. The molecule has 12 heteroatoms. The molecule has 160 valence electrons. The van der Waals surface area contributed by atoms with E-state index in [1.165, 1.54) is 35.0 Å². The Morgan fingerprint density at radius 2 is 1.97 bits per heavy atom. The molecular weight excluding hydrogens is 423 g/mol. The predicted octanol–water partition coefficient (Wildman–Crippen LogP) is 1.98. The minimum Gasteiger partial charge on any atom is -0.387 e. The van der Waals surface area contributed by atoms with Crippen molar-refractivity contribution >= 4 is 28.7 Å². The van der Waals surface area contributed by atoms with Gasteiger partial charge < -0.3 is 20.7 Å². The van der Waals surface area contributed by atoms with Gasteiger partial charge in [0.25, 0.3) is 0 Å². The summed E-state index contributed by atoms with van der Waals surface area (Å²) in [5, 5.41) is 20.8. The lowest BCUT2D eigenvalue weighted by Crippen LogP contribution is -2.32. The third-order valence-corrected chi connectivity index (χ3v) is 5.91. The highest BCUT2D eigenvalue weighted by Gasteiger charge is 2.44. The van der Waals surface area contributed by atoms with Gasteiger partial charge in [-0.2, -0.15) is 24.9 Å². The first-order chi connectivity index (χ1) is 14.3. The van der Waals surface area contributed by atoms with E-state index in [0.717, 1.165) is 12.1 Å². The molecule has 0 saturated carbocycles. The number of aromatic nitrogens is 4. The highest BCUT2D eigenvalue weighted by Crippen LogP contribution is 2.34. The Hall–Kier alpha value is -2.41. The van der Waals surface area contributed by atoms with Gasteiger partial charge in [0.15, 0.2) is 17.7 Å². The minimum atomic E-state index is -4.40. The van der Waals surface area contributed by atoms with Crippen molar-refractivity contribution in [3.63, 3.8) is 0 Å². The number of hydrogen-bond acceptors (Lipinski definition) is 8. The average molecular weight is 441 g/mol. The van der Waals surface area contributed by atoms with Crippen LogP contribution in [0.1, 0.15) is 17.4 Å². The van der Waals surface area contributed by atoms with Crippen LogP contribution in [0.3, 0.4) is 0 Å². The molecule has 3 heterocycles. The summed E-state index contributed by atoms with van der Waals surface area (Å²) in [6, 6.07) is 5.08. The third kappa shape index (κ3) is 3.95. The summed E-state index contributed by atoms with van der Waals surface area (Å²) in [6.45, 7) is 0. The molecule has 30 heavy (non-hydrogen) atoms. The van der Waals surface area contributed by atoms with Gasteiger partial charge in [-0.15, -0.1) is 0 Å². The largest absolute Gasteiger partial charge is 0.416 e. The van der Waals surface area contributed by atoms with Gasteiger partial charge in [-0.1, -0.05) is 18.2 Å². The molecular formula is C18H18F3N5O3S. The number of fused-ring (bicyclic) bond motifs is 1. The standard InChI is InChI=1S/C18H18F3N5O3S/c19-18(20,21)10-3-1-2-9(4-10)5-30-6-11-13(27)14(28)17(29-11)26-8-25-12-15(22)23-7-24-16(12)26/h1-4,7-8,11,13-14,17,27-28H,5-6H2,(H2,22,23,24)/t11-,13-,14-,17-/m1/s1. The van der Waals surface area contributed by atoms with Gasteiger partial charge in [0.05, 0.1) is 18.0 Å². The number of thioether (sulfide) groups is 1. The normalized spacial score (nSPS) is 24.6. The zero-order valence-electron chi connectivity index (χ0n) is 15.4. The van der Waals surface area contributed by atoms with E-state index >= 15 is 0 Å². The van der Waals surface area contributed by atoms with Gasteiger partial charge in [-0.05, 0) is 11.6 Å². The van der Waals surface area contributed by atoms with Crippen LogP contribution in [0.25, 0.3) is 11.2 Å². The molecule has 0 bridgehead atoms. The highest BCUT2D eigenvalue weighted by atomic mass is 32.2. The molecule has 4 N–H and O–H groups in total. The fourth-order valence-corrected chi connectivity index (χ4v) is 4.32. The summed E-state index contributed by atoms with van der Waals surface area (Å²) in [6.07, 6.45) is -5.82. The molecule has 1 aromatic carbocycles. The van der Waals surface area contributed by atoms with E-state index in [2.05, 4.69) is 15.0 Å². The van der Waals surface area contributed by atoms with Crippen molar-refractivity contribution in [3.05, 3.63) is 48.0 Å².